The van der Waals surface area contributed by atoms with Crippen LogP contribution in [0.5, 0.6) is 5.75 Å². The number of fused-ring (bicyclic) bond motifs is 1. The van der Waals surface area contributed by atoms with Crippen molar-refractivity contribution in [3.8, 4) is 5.75 Å². The first-order valence-electron chi connectivity index (χ1n) is 9.50. The van der Waals surface area contributed by atoms with Gasteiger partial charge in [-0.15, -0.1) is 0 Å². The lowest BCUT2D eigenvalue weighted by Crippen LogP contribution is -2.39. The van der Waals surface area contributed by atoms with Gasteiger partial charge in [0.05, 0.1) is 0 Å². The molecular formula is C23H26N2O. The molecule has 3 nitrogen and oxygen atoms in total. The molecule has 0 amide bonds. The van der Waals surface area contributed by atoms with Gasteiger partial charge in [0.15, 0.2) is 0 Å². The first kappa shape index (κ1) is 17.1. The molecule has 0 unspecified atom stereocenters. The molecule has 1 fully saturated rings. The highest BCUT2D eigenvalue weighted by Crippen LogP contribution is 2.18. The third kappa shape index (κ3) is 4.43. The molecule has 134 valence electrons. The average Bonchev–Trinajstić information content (AvgIpc) is 2.72. The lowest BCUT2D eigenvalue weighted by atomic mass is 10.1. The van der Waals surface area contributed by atoms with E-state index in [1.807, 2.05) is 0 Å². The Bertz CT molecular complexity index is 838. The van der Waals surface area contributed by atoms with E-state index >= 15 is 0 Å². The minimum atomic E-state index is 0.595. The molecule has 0 saturated carbocycles. The quantitative estimate of drug-likeness (QED) is 0.700. The summed E-state index contributed by atoms with van der Waals surface area (Å²) in [5, 5.41) is 9.58. The van der Waals surface area contributed by atoms with Gasteiger partial charge >= 0.3 is 0 Å². The molecule has 1 aliphatic heterocycles. The van der Waals surface area contributed by atoms with Crippen LogP contribution in [-0.4, -0.2) is 19.1 Å². The third-order valence-corrected chi connectivity index (χ3v) is 5.08. The van der Waals surface area contributed by atoms with Crippen LogP contribution in [0.25, 0.3) is 10.8 Å². The van der Waals surface area contributed by atoms with Gasteiger partial charge in [-0.05, 0) is 66.0 Å². The van der Waals surface area contributed by atoms with E-state index in [2.05, 4.69) is 77.4 Å². The van der Waals surface area contributed by atoms with E-state index < -0.39 is 0 Å². The summed E-state index contributed by atoms with van der Waals surface area (Å²) in [5.74, 6) is 0.920. The van der Waals surface area contributed by atoms with E-state index in [1.165, 1.54) is 34.7 Å². The van der Waals surface area contributed by atoms with Crippen LogP contribution in [-0.2, 0) is 13.2 Å². The predicted molar refractivity (Wildman–Crippen MR) is 107 cm³/mol. The van der Waals surface area contributed by atoms with E-state index in [0.29, 0.717) is 12.6 Å². The van der Waals surface area contributed by atoms with Gasteiger partial charge in [0, 0.05) is 12.6 Å². The highest BCUT2D eigenvalue weighted by atomic mass is 16.5. The second-order valence-electron chi connectivity index (χ2n) is 7.02. The van der Waals surface area contributed by atoms with Crippen molar-refractivity contribution < 1.29 is 4.74 Å². The molecule has 0 spiro atoms. The molecule has 1 heterocycles. The van der Waals surface area contributed by atoms with Gasteiger partial charge in [-0.2, -0.15) is 0 Å². The number of hydrogen-bond donors (Lipinski definition) is 2. The highest BCUT2D eigenvalue weighted by Gasteiger charge is 2.11. The molecule has 1 saturated heterocycles. The zero-order valence-corrected chi connectivity index (χ0v) is 15.1. The fourth-order valence-electron chi connectivity index (χ4n) is 3.49. The number of benzene rings is 3. The van der Waals surface area contributed by atoms with Crippen molar-refractivity contribution in [2.75, 3.05) is 13.1 Å². The number of hydrogen-bond acceptors (Lipinski definition) is 3. The molecule has 3 aromatic carbocycles. The van der Waals surface area contributed by atoms with Crippen molar-refractivity contribution in [3.63, 3.8) is 0 Å². The topological polar surface area (TPSA) is 33.3 Å². The molecule has 26 heavy (non-hydrogen) atoms. The molecule has 0 radical (unpaired) electrons. The fraction of sp³-hybridized carbons (Fsp3) is 0.304. The van der Waals surface area contributed by atoms with Crippen LogP contribution >= 0.6 is 0 Å². The molecule has 3 aromatic rings. The summed E-state index contributed by atoms with van der Waals surface area (Å²) < 4.78 is 5.96. The minimum Gasteiger partial charge on any atom is -0.489 e. The molecule has 1 aliphatic rings. The zero-order chi connectivity index (χ0) is 17.6. The van der Waals surface area contributed by atoms with Crippen molar-refractivity contribution in [2.45, 2.75) is 32.0 Å². The lowest BCUT2D eigenvalue weighted by Gasteiger charge is -2.23. The standard InChI is InChI=1S/C23H26N2O/c1-2-4-21-15-19(5-8-20(21)3-1)17-26-23-9-6-18(7-10-23)16-25-22-11-13-24-14-12-22/h1-10,15,22,24-25H,11-14,16-17H2. The molecule has 0 aliphatic carbocycles. The zero-order valence-electron chi connectivity index (χ0n) is 15.1. The van der Waals surface area contributed by atoms with Gasteiger partial charge in [0.25, 0.3) is 0 Å². The second kappa shape index (κ2) is 8.35. The summed E-state index contributed by atoms with van der Waals surface area (Å²) in [6.07, 6.45) is 2.43. The molecule has 3 heteroatoms. The van der Waals surface area contributed by atoms with E-state index in [-0.39, 0.29) is 0 Å². The number of piperidine rings is 1. The molecule has 0 bridgehead atoms. The smallest absolute Gasteiger partial charge is 0.119 e. The molecular weight excluding hydrogens is 320 g/mol. The van der Waals surface area contributed by atoms with E-state index in [4.69, 9.17) is 4.74 Å². The number of nitrogens with one attached hydrogen (secondary N) is 2. The van der Waals surface area contributed by atoms with Crippen LogP contribution in [0.1, 0.15) is 24.0 Å². The Morgan fingerprint density at radius 1 is 0.846 bits per heavy atom. The maximum Gasteiger partial charge on any atom is 0.119 e. The van der Waals surface area contributed by atoms with Crippen molar-refractivity contribution in [3.05, 3.63) is 77.9 Å². The maximum atomic E-state index is 5.96. The number of rotatable bonds is 6. The van der Waals surface area contributed by atoms with Crippen molar-refractivity contribution in [2.24, 2.45) is 0 Å². The van der Waals surface area contributed by atoms with E-state index in [0.717, 1.165) is 25.4 Å². The Hall–Kier alpha value is -2.36. The molecule has 0 aromatic heterocycles. The summed E-state index contributed by atoms with van der Waals surface area (Å²) in [7, 11) is 0. The van der Waals surface area contributed by atoms with Crippen molar-refractivity contribution >= 4 is 10.8 Å². The van der Waals surface area contributed by atoms with Crippen molar-refractivity contribution in [1.82, 2.24) is 10.6 Å². The fourth-order valence-corrected chi connectivity index (χ4v) is 3.49. The Morgan fingerprint density at radius 2 is 1.58 bits per heavy atom. The predicted octanol–water partition coefficient (Wildman–Crippen LogP) is 4.26. The Kier molecular flexibility index (Phi) is 5.48. The van der Waals surface area contributed by atoms with Crippen LogP contribution in [0.15, 0.2) is 66.7 Å². The normalized spacial score (nSPS) is 15.2. The second-order valence-corrected chi connectivity index (χ2v) is 7.02. The average molecular weight is 346 g/mol. The van der Waals surface area contributed by atoms with Crippen LogP contribution < -0.4 is 15.4 Å². The van der Waals surface area contributed by atoms with Gasteiger partial charge in [-0.25, -0.2) is 0 Å². The van der Waals surface area contributed by atoms with Crippen molar-refractivity contribution in [1.29, 1.82) is 0 Å². The number of ether oxygens (including phenoxy) is 1. The maximum absolute atomic E-state index is 5.96. The lowest BCUT2D eigenvalue weighted by molar-refractivity contribution is 0.306. The summed E-state index contributed by atoms with van der Waals surface area (Å²) in [6, 6.07) is 24.0. The van der Waals surface area contributed by atoms with Gasteiger partial charge in [0.1, 0.15) is 12.4 Å². The van der Waals surface area contributed by atoms with Gasteiger partial charge in [-0.3, -0.25) is 0 Å². The largest absolute Gasteiger partial charge is 0.489 e. The SMILES string of the molecule is c1ccc2cc(COc3ccc(CNC4CCNCC4)cc3)ccc2c1. The van der Waals surface area contributed by atoms with Crippen LogP contribution in [0, 0.1) is 0 Å². The van der Waals surface area contributed by atoms with Gasteiger partial charge in [-0.1, -0.05) is 48.5 Å². The third-order valence-electron chi connectivity index (χ3n) is 5.08. The monoisotopic (exact) mass is 346 g/mol. The first-order chi connectivity index (χ1) is 12.9. The Balaban J connectivity index is 1.30. The molecule has 2 N–H and O–H groups in total. The van der Waals surface area contributed by atoms with Crippen LogP contribution in [0.4, 0.5) is 0 Å². The molecule has 4 rings (SSSR count). The summed E-state index contributed by atoms with van der Waals surface area (Å²) >= 11 is 0. The Labute approximate surface area is 155 Å². The summed E-state index contributed by atoms with van der Waals surface area (Å²) in [6.45, 7) is 3.77. The van der Waals surface area contributed by atoms with Crippen LogP contribution in [0.2, 0.25) is 0 Å². The van der Waals surface area contributed by atoms with E-state index in [9.17, 15) is 0 Å². The van der Waals surface area contributed by atoms with Crippen LogP contribution in [0.3, 0.4) is 0 Å². The molecule has 0 atom stereocenters. The summed E-state index contributed by atoms with van der Waals surface area (Å²) in [4.78, 5) is 0. The summed E-state index contributed by atoms with van der Waals surface area (Å²) in [5.41, 5.74) is 2.50. The van der Waals surface area contributed by atoms with E-state index in [1.54, 1.807) is 0 Å². The highest BCUT2D eigenvalue weighted by molar-refractivity contribution is 5.82. The van der Waals surface area contributed by atoms with Gasteiger partial charge in [0.2, 0.25) is 0 Å². The Morgan fingerprint density at radius 3 is 2.38 bits per heavy atom. The first-order valence-corrected chi connectivity index (χ1v) is 9.50. The van der Waals surface area contributed by atoms with Gasteiger partial charge < -0.3 is 15.4 Å². The minimum absolute atomic E-state index is 0.595.